The Hall–Kier alpha value is -1.76. The van der Waals surface area contributed by atoms with Gasteiger partial charge in [0.05, 0.1) is 18.8 Å². The molecule has 0 aromatic carbocycles. The zero-order valence-corrected chi connectivity index (χ0v) is 14.9. The Bertz CT molecular complexity index is 820. The maximum absolute atomic E-state index is 12.6. The summed E-state index contributed by atoms with van der Waals surface area (Å²) < 4.78 is 35.6. The average molecular weight is 370 g/mol. The molecule has 0 amide bonds. The standard InChI is InChI=1S/C14H19N4O6P/c1-8(2)23-25(20)21-6-9-11(24-25)14(3,7-15)12(22-9)18-5-4-10(16)17-13(18)19/h4-5,8-9,11-12H,6H2,1-3H3,(H2,16,17,19)/t9-,11-,12-,14-,25?/m1/s1. The second kappa shape index (κ2) is 6.20. The van der Waals surface area contributed by atoms with Crippen molar-refractivity contribution in [1.82, 2.24) is 9.55 Å². The molecule has 10 nitrogen and oxygen atoms in total. The lowest BCUT2D eigenvalue weighted by Crippen LogP contribution is -2.43. The third-order valence-electron chi connectivity index (χ3n) is 4.07. The summed E-state index contributed by atoms with van der Waals surface area (Å²) in [4.78, 5) is 15.8. The highest BCUT2D eigenvalue weighted by Crippen LogP contribution is 2.61. The highest BCUT2D eigenvalue weighted by atomic mass is 31.2. The van der Waals surface area contributed by atoms with E-state index < -0.39 is 43.5 Å². The van der Waals surface area contributed by atoms with Crippen LogP contribution in [0.25, 0.3) is 0 Å². The highest BCUT2D eigenvalue weighted by Gasteiger charge is 2.61. The van der Waals surface area contributed by atoms with E-state index in [0.29, 0.717) is 0 Å². The number of hydrogen-bond donors (Lipinski definition) is 1. The first-order valence-electron chi connectivity index (χ1n) is 7.71. The highest BCUT2D eigenvalue weighted by molar-refractivity contribution is 7.48. The van der Waals surface area contributed by atoms with E-state index in [1.165, 1.54) is 12.3 Å². The van der Waals surface area contributed by atoms with Crippen LogP contribution in [-0.4, -0.2) is 34.5 Å². The molecule has 0 saturated carbocycles. The largest absolute Gasteiger partial charge is 0.475 e. The summed E-state index contributed by atoms with van der Waals surface area (Å²) in [5.74, 6) is 0.0599. The van der Waals surface area contributed by atoms with Crippen molar-refractivity contribution < 1.29 is 22.9 Å². The fourth-order valence-electron chi connectivity index (χ4n) is 2.93. The minimum absolute atomic E-state index is 0.0599. The molecule has 2 fully saturated rings. The van der Waals surface area contributed by atoms with Crippen LogP contribution in [0.15, 0.2) is 17.1 Å². The maximum atomic E-state index is 12.6. The Balaban J connectivity index is 1.97. The molecule has 0 spiro atoms. The van der Waals surface area contributed by atoms with Gasteiger partial charge in [-0.25, -0.2) is 9.36 Å². The second-order valence-corrected chi connectivity index (χ2v) is 7.96. The number of ether oxygens (including phenoxy) is 1. The molecule has 2 saturated heterocycles. The molecule has 1 unspecified atom stereocenters. The number of anilines is 1. The van der Waals surface area contributed by atoms with Gasteiger partial charge in [-0.3, -0.25) is 18.1 Å². The molecule has 25 heavy (non-hydrogen) atoms. The molecular weight excluding hydrogens is 351 g/mol. The molecule has 0 radical (unpaired) electrons. The smallest absolute Gasteiger partial charge is 0.383 e. The predicted octanol–water partition coefficient (Wildman–Crippen LogP) is 1.20. The van der Waals surface area contributed by atoms with Gasteiger partial charge in [-0.05, 0) is 26.8 Å². The number of phosphoric ester groups is 1. The molecule has 11 heteroatoms. The first-order valence-corrected chi connectivity index (χ1v) is 9.17. The van der Waals surface area contributed by atoms with Gasteiger partial charge in [-0.15, -0.1) is 0 Å². The van der Waals surface area contributed by atoms with Crippen LogP contribution in [0.2, 0.25) is 0 Å². The Morgan fingerprint density at radius 2 is 2.32 bits per heavy atom. The van der Waals surface area contributed by atoms with Crippen LogP contribution >= 0.6 is 7.82 Å². The van der Waals surface area contributed by atoms with Crippen molar-refractivity contribution in [2.75, 3.05) is 12.3 Å². The van der Waals surface area contributed by atoms with E-state index in [-0.39, 0.29) is 12.4 Å². The number of nitrogen functional groups attached to an aromatic ring is 1. The number of hydrogen-bond acceptors (Lipinski definition) is 9. The lowest BCUT2D eigenvalue weighted by Gasteiger charge is -2.34. The number of nitrogens with two attached hydrogens (primary N) is 1. The molecule has 1 aromatic rings. The Morgan fingerprint density at radius 1 is 1.60 bits per heavy atom. The first-order chi connectivity index (χ1) is 11.7. The van der Waals surface area contributed by atoms with Gasteiger partial charge in [0.15, 0.2) is 6.23 Å². The molecule has 3 rings (SSSR count). The third kappa shape index (κ3) is 3.10. The Kier molecular flexibility index (Phi) is 4.47. The molecule has 0 bridgehead atoms. The topological polar surface area (TPSA) is 139 Å². The molecule has 1 aromatic heterocycles. The van der Waals surface area contributed by atoms with E-state index >= 15 is 0 Å². The Morgan fingerprint density at radius 3 is 2.92 bits per heavy atom. The van der Waals surface area contributed by atoms with Crippen LogP contribution in [0.3, 0.4) is 0 Å². The molecule has 2 aliphatic rings. The van der Waals surface area contributed by atoms with Crippen LogP contribution in [0, 0.1) is 16.7 Å². The number of nitrogens with zero attached hydrogens (tertiary/aromatic N) is 3. The van der Waals surface area contributed by atoms with Gasteiger partial charge in [0, 0.05) is 6.20 Å². The van der Waals surface area contributed by atoms with Crippen LogP contribution in [0.4, 0.5) is 5.82 Å². The van der Waals surface area contributed by atoms with Crippen molar-refractivity contribution in [3.8, 4) is 6.07 Å². The average Bonchev–Trinajstić information content (AvgIpc) is 2.79. The zero-order valence-electron chi connectivity index (χ0n) is 14.0. The number of phosphoric acid groups is 1. The fraction of sp³-hybridized carbons (Fsp3) is 0.643. The summed E-state index contributed by atoms with van der Waals surface area (Å²) in [6.45, 7) is 4.86. The number of nitriles is 1. The Labute approximate surface area is 144 Å². The third-order valence-corrected chi connectivity index (χ3v) is 5.70. The minimum atomic E-state index is -3.82. The molecule has 2 N–H and O–H groups in total. The fourth-order valence-corrected chi connectivity index (χ4v) is 4.58. The lowest BCUT2D eigenvalue weighted by atomic mass is 9.84. The predicted molar refractivity (Wildman–Crippen MR) is 85.2 cm³/mol. The molecule has 5 atom stereocenters. The van der Waals surface area contributed by atoms with Gasteiger partial charge in [-0.2, -0.15) is 10.2 Å². The monoisotopic (exact) mass is 370 g/mol. The number of fused-ring (bicyclic) bond motifs is 1. The molecule has 2 aliphatic heterocycles. The molecule has 0 aliphatic carbocycles. The second-order valence-electron chi connectivity index (χ2n) is 6.39. The number of rotatable bonds is 3. The van der Waals surface area contributed by atoms with E-state index in [4.69, 9.17) is 24.0 Å². The summed E-state index contributed by atoms with van der Waals surface area (Å²) in [7, 11) is -3.82. The summed E-state index contributed by atoms with van der Waals surface area (Å²) in [5, 5.41) is 9.75. The molecule has 3 heterocycles. The molecular formula is C14H19N4O6P. The van der Waals surface area contributed by atoms with E-state index in [9.17, 15) is 14.6 Å². The summed E-state index contributed by atoms with van der Waals surface area (Å²) in [5.41, 5.74) is 3.52. The van der Waals surface area contributed by atoms with Gasteiger partial charge < -0.3 is 10.5 Å². The van der Waals surface area contributed by atoms with Crippen molar-refractivity contribution in [3.63, 3.8) is 0 Å². The van der Waals surface area contributed by atoms with Crippen molar-refractivity contribution in [2.45, 2.75) is 45.3 Å². The van der Waals surface area contributed by atoms with Gasteiger partial charge in [0.25, 0.3) is 0 Å². The van der Waals surface area contributed by atoms with Gasteiger partial charge in [-0.1, -0.05) is 0 Å². The summed E-state index contributed by atoms with van der Waals surface area (Å²) in [6, 6.07) is 3.55. The zero-order chi connectivity index (χ0) is 18.4. The van der Waals surface area contributed by atoms with E-state index in [1.807, 2.05) is 0 Å². The summed E-state index contributed by atoms with van der Waals surface area (Å²) in [6.07, 6.45) is -1.57. The first kappa shape index (κ1) is 18.0. The normalized spacial score (nSPS) is 37.6. The van der Waals surface area contributed by atoms with Crippen molar-refractivity contribution in [3.05, 3.63) is 22.7 Å². The van der Waals surface area contributed by atoms with Crippen LogP contribution in [0.5, 0.6) is 0 Å². The van der Waals surface area contributed by atoms with Crippen LogP contribution in [0.1, 0.15) is 27.0 Å². The van der Waals surface area contributed by atoms with Crippen LogP contribution < -0.4 is 11.4 Å². The quantitative estimate of drug-likeness (QED) is 0.777. The van der Waals surface area contributed by atoms with E-state index in [1.54, 1.807) is 20.8 Å². The molecule has 136 valence electrons. The lowest BCUT2D eigenvalue weighted by molar-refractivity contribution is -0.0748. The maximum Gasteiger partial charge on any atom is 0.475 e. The van der Waals surface area contributed by atoms with Crippen molar-refractivity contribution in [2.24, 2.45) is 5.41 Å². The minimum Gasteiger partial charge on any atom is -0.383 e. The summed E-state index contributed by atoms with van der Waals surface area (Å²) >= 11 is 0. The van der Waals surface area contributed by atoms with Crippen LogP contribution in [-0.2, 0) is 22.9 Å². The van der Waals surface area contributed by atoms with Crippen molar-refractivity contribution in [1.29, 1.82) is 5.26 Å². The number of aromatic nitrogens is 2. The van der Waals surface area contributed by atoms with Gasteiger partial charge in [0.1, 0.15) is 23.4 Å². The van der Waals surface area contributed by atoms with E-state index in [2.05, 4.69) is 11.1 Å². The van der Waals surface area contributed by atoms with E-state index in [0.717, 1.165) is 4.57 Å². The SMILES string of the molecule is CC(C)OP1(=O)OC[C@H]2O[C@@H](n3ccc(N)nc3=O)[C@](C)(C#N)[C@@H]2O1. The van der Waals surface area contributed by atoms with Crippen molar-refractivity contribution >= 4 is 13.6 Å². The van der Waals surface area contributed by atoms with Gasteiger partial charge >= 0.3 is 13.5 Å². The van der Waals surface area contributed by atoms with Gasteiger partial charge in [0.2, 0.25) is 0 Å².